The number of carbonyl (C=O) groups is 1. The van der Waals surface area contributed by atoms with Crippen molar-refractivity contribution in [3.05, 3.63) is 52.5 Å². The molecule has 0 aliphatic carbocycles. The van der Waals surface area contributed by atoms with Gasteiger partial charge in [-0.1, -0.05) is 13.0 Å². The van der Waals surface area contributed by atoms with Crippen molar-refractivity contribution in [2.24, 2.45) is 5.10 Å². The second kappa shape index (κ2) is 7.54. The number of carbonyl (C=O) groups excluding carboxylic acids is 1. The van der Waals surface area contributed by atoms with Crippen molar-refractivity contribution in [1.29, 1.82) is 0 Å². The van der Waals surface area contributed by atoms with Gasteiger partial charge in [0.05, 0.1) is 6.21 Å². The van der Waals surface area contributed by atoms with Crippen LogP contribution in [0.25, 0.3) is 0 Å². The molecule has 1 unspecified atom stereocenters. The summed E-state index contributed by atoms with van der Waals surface area (Å²) in [7, 11) is 0. The number of benzene rings is 1. The molecule has 21 heavy (non-hydrogen) atoms. The van der Waals surface area contributed by atoms with Crippen LogP contribution >= 0.6 is 11.3 Å². The molecule has 4 nitrogen and oxygen atoms in total. The summed E-state index contributed by atoms with van der Waals surface area (Å²) in [5.41, 5.74) is 3.20. The second-order valence-corrected chi connectivity index (χ2v) is 5.34. The van der Waals surface area contributed by atoms with Crippen LogP contribution in [-0.2, 0) is 4.79 Å². The number of hydrogen-bond donors (Lipinski definition) is 2. The number of rotatable bonds is 6. The van der Waals surface area contributed by atoms with Crippen LogP contribution in [0.1, 0.15) is 18.2 Å². The Hall–Kier alpha value is -2.21. The molecule has 1 amide bonds. The number of hydrazone groups is 1. The molecule has 0 aliphatic rings. The van der Waals surface area contributed by atoms with Crippen LogP contribution in [0.5, 0.6) is 0 Å². The highest BCUT2D eigenvalue weighted by Gasteiger charge is 2.15. The fraction of sp³-hybridized carbons (Fsp3) is 0.200. The van der Waals surface area contributed by atoms with Gasteiger partial charge in [-0.3, -0.25) is 4.79 Å². The van der Waals surface area contributed by atoms with Crippen LogP contribution in [0.2, 0.25) is 0 Å². The van der Waals surface area contributed by atoms with Gasteiger partial charge >= 0.3 is 0 Å². The molecule has 2 aromatic rings. The maximum atomic E-state index is 12.8. The number of hydrogen-bond acceptors (Lipinski definition) is 4. The van der Waals surface area contributed by atoms with E-state index in [9.17, 15) is 9.18 Å². The first kappa shape index (κ1) is 15.2. The van der Waals surface area contributed by atoms with Gasteiger partial charge in [-0.25, -0.2) is 9.82 Å². The average molecular weight is 305 g/mol. The zero-order valence-electron chi connectivity index (χ0n) is 11.5. The van der Waals surface area contributed by atoms with Crippen molar-refractivity contribution in [2.45, 2.75) is 19.4 Å². The summed E-state index contributed by atoms with van der Waals surface area (Å²) < 4.78 is 12.8. The monoisotopic (exact) mass is 305 g/mol. The van der Waals surface area contributed by atoms with Crippen LogP contribution in [0.3, 0.4) is 0 Å². The van der Waals surface area contributed by atoms with Crippen molar-refractivity contribution in [2.75, 3.05) is 5.32 Å². The highest BCUT2D eigenvalue weighted by Crippen LogP contribution is 2.11. The summed E-state index contributed by atoms with van der Waals surface area (Å²) >= 11 is 1.54. The van der Waals surface area contributed by atoms with E-state index in [1.165, 1.54) is 12.1 Å². The van der Waals surface area contributed by atoms with E-state index in [1.807, 2.05) is 24.4 Å². The smallest absolute Gasteiger partial charge is 0.262 e. The molecule has 1 aromatic carbocycles. The van der Waals surface area contributed by atoms with E-state index >= 15 is 0 Å². The zero-order valence-corrected chi connectivity index (χ0v) is 12.4. The van der Waals surface area contributed by atoms with E-state index in [2.05, 4.69) is 15.8 Å². The summed E-state index contributed by atoms with van der Waals surface area (Å²) in [6, 6.07) is 9.30. The molecular formula is C15H16FN3OS. The maximum Gasteiger partial charge on any atom is 0.262 e. The van der Waals surface area contributed by atoms with Crippen LogP contribution in [0, 0.1) is 5.82 Å². The fourth-order valence-corrected chi connectivity index (χ4v) is 2.29. The molecule has 0 bridgehead atoms. The molecule has 0 aliphatic heterocycles. The average Bonchev–Trinajstić information content (AvgIpc) is 3.00. The highest BCUT2D eigenvalue weighted by molar-refractivity contribution is 7.11. The number of halogens is 1. The quantitative estimate of drug-likeness (QED) is 0.636. The fourth-order valence-electron chi connectivity index (χ4n) is 1.70. The largest absolute Gasteiger partial charge is 0.374 e. The standard InChI is InChI=1S/C15H16FN3OS/c1-2-14(18-12-7-5-11(16)6-8-12)15(20)19-17-10-13-4-3-9-21-13/h3-10,14,18H,2H2,1H3,(H,19,20). The summed E-state index contributed by atoms with van der Waals surface area (Å²) in [6.45, 7) is 1.89. The predicted octanol–water partition coefficient (Wildman–Crippen LogP) is 3.23. The third kappa shape index (κ3) is 4.68. The molecular weight excluding hydrogens is 289 g/mol. The van der Waals surface area contributed by atoms with Crippen molar-refractivity contribution < 1.29 is 9.18 Å². The third-order valence-corrected chi connectivity index (χ3v) is 3.63. The topological polar surface area (TPSA) is 53.5 Å². The van der Waals surface area contributed by atoms with Crippen LogP contribution in [-0.4, -0.2) is 18.2 Å². The van der Waals surface area contributed by atoms with Crippen molar-refractivity contribution in [1.82, 2.24) is 5.43 Å². The Labute approximate surface area is 126 Å². The molecule has 6 heteroatoms. The van der Waals surface area contributed by atoms with Gasteiger partial charge in [0, 0.05) is 10.6 Å². The lowest BCUT2D eigenvalue weighted by Gasteiger charge is -2.16. The van der Waals surface area contributed by atoms with Crippen molar-refractivity contribution in [3.8, 4) is 0 Å². The molecule has 1 atom stereocenters. The lowest BCUT2D eigenvalue weighted by molar-refractivity contribution is -0.121. The SMILES string of the molecule is CCC(Nc1ccc(F)cc1)C(=O)NN=Cc1cccs1. The van der Waals surface area contributed by atoms with Crippen molar-refractivity contribution >= 4 is 29.1 Å². The first-order valence-corrected chi connectivity index (χ1v) is 7.45. The molecule has 110 valence electrons. The molecule has 0 fully saturated rings. The zero-order chi connectivity index (χ0) is 15.1. The molecule has 0 saturated heterocycles. The van der Waals surface area contributed by atoms with E-state index in [4.69, 9.17) is 0 Å². The summed E-state index contributed by atoms with van der Waals surface area (Å²) in [5, 5.41) is 8.91. The number of nitrogens with one attached hydrogen (secondary N) is 2. The molecule has 0 spiro atoms. The highest BCUT2D eigenvalue weighted by atomic mass is 32.1. The lowest BCUT2D eigenvalue weighted by atomic mass is 10.2. The summed E-state index contributed by atoms with van der Waals surface area (Å²) in [6.07, 6.45) is 2.20. The molecule has 1 aromatic heterocycles. The molecule has 0 saturated carbocycles. The molecule has 2 rings (SSSR count). The number of thiophene rings is 1. The van der Waals surface area contributed by atoms with E-state index in [0.717, 1.165) is 4.88 Å². The Morgan fingerprint density at radius 2 is 2.14 bits per heavy atom. The van der Waals surface area contributed by atoms with Crippen molar-refractivity contribution in [3.63, 3.8) is 0 Å². The minimum absolute atomic E-state index is 0.227. The first-order valence-electron chi connectivity index (χ1n) is 6.57. The number of amides is 1. The van der Waals surface area contributed by atoms with E-state index < -0.39 is 6.04 Å². The van der Waals surface area contributed by atoms with Gasteiger partial charge in [-0.15, -0.1) is 11.3 Å². The van der Waals surface area contributed by atoms with Gasteiger partial charge in [0.2, 0.25) is 0 Å². The normalized spacial score (nSPS) is 12.3. The first-order chi connectivity index (χ1) is 10.2. The molecule has 2 N–H and O–H groups in total. The van der Waals surface area contributed by atoms with Gasteiger partial charge in [0.15, 0.2) is 0 Å². The number of anilines is 1. The van der Waals surface area contributed by atoms with Crippen LogP contribution in [0.15, 0.2) is 46.9 Å². The number of nitrogens with zero attached hydrogens (tertiary/aromatic N) is 1. The molecule has 0 radical (unpaired) electrons. The van der Waals surface area contributed by atoms with Gasteiger partial charge in [0.1, 0.15) is 11.9 Å². The summed E-state index contributed by atoms with van der Waals surface area (Å²) in [5.74, 6) is -0.534. The van der Waals surface area contributed by atoms with Crippen LogP contribution < -0.4 is 10.7 Å². The Kier molecular flexibility index (Phi) is 5.45. The van der Waals surface area contributed by atoms with Gasteiger partial charge in [-0.05, 0) is 42.1 Å². The second-order valence-electron chi connectivity index (χ2n) is 4.36. The van der Waals surface area contributed by atoms with E-state index in [1.54, 1.807) is 29.7 Å². The Bertz CT molecular complexity index is 596. The Morgan fingerprint density at radius 1 is 1.38 bits per heavy atom. The van der Waals surface area contributed by atoms with E-state index in [-0.39, 0.29) is 11.7 Å². The molecule has 1 heterocycles. The van der Waals surface area contributed by atoms with Gasteiger partial charge in [-0.2, -0.15) is 5.10 Å². The van der Waals surface area contributed by atoms with E-state index in [0.29, 0.717) is 12.1 Å². The minimum atomic E-state index is -0.420. The van der Waals surface area contributed by atoms with Gasteiger partial charge in [0.25, 0.3) is 5.91 Å². The van der Waals surface area contributed by atoms with Gasteiger partial charge < -0.3 is 5.32 Å². The maximum absolute atomic E-state index is 12.8. The minimum Gasteiger partial charge on any atom is -0.374 e. The Balaban J connectivity index is 1.90. The lowest BCUT2D eigenvalue weighted by Crippen LogP contribution is -2.36. The Morgan fingerprint density at radius 3 is 2.76 bits per heavy atom. The van der Waals surface area contributed by atoms with Crippen LogP contribution in [0.4, 0.5) is 10.1 Å². The predicted molar refractivity (Wildman–Crippen MR) is 84.2 cm³/mol. The summed E-state index contributed by atoms with van der Waals surface area (Å²) in [4.78, 5) is 13.0. The third-order valence-electron chi connectivity index (χ3n) is 2.82.